The van der Waals surface area contributed by atoms with E-state index in [1.807, 2.05) is 4.90 Å². The van der Waals surface area contributed by atoms with Crippen molar-refractivity contribution in [1.29, 1.82) is 0 Å². The van der Waals surface area contributed by atoms with Crippen molar-refractivity contribution < 1.29 is 23.9 Å². The topological polar surface area (TPSA) is 88.2 Å². The lowest BCUT2D eigenvalue weighted by atomic mass is 9.96. The highest BCUT2D eigenvalue weighted by Crippen LogP contribution is 2.40. The van der Waals surface area contributed by atoms with Crippen LogP contribution >= 0.6 is 0 Å². The van der Waals surface area contributed by atoms with Gasteiger partial charge in [0.05, 0.1) is 19.9 Å². The summed E-state index contributed by atoms with van der Waals surface area (Å²) in [5.74, 6) is 0.878. The van der Waals surface area contributed by atoms with Gasteiger partial charge >= 0.3 is 6.03 Å². The Hall–Kier alpha value is -2.77. The Morgan fingerprint density at radius 2 is 1.64 bits per heavy atom. The summed E-state index contributed by atoms with van der Waals surface area (Å²) in [5, 5.41) is 2.94. The molecule has 1 N–H and O–H groups in total. The highest BCUT2D eigenvalue weighted by atomic mass is 16.5. The third-order valence-electron chi connectivity index (χ3n) is 6.04. The minimum atomic E-state index is -0.184. The van der Waals surface area contributed by atoms with Gasteiger partial charge in [0, 0.05) is 31.0 Å². The number of fused-ring (bicyclic) bond motifs is 2. The van der Waals surface area contributed by atoms with Crippen LogP contribution in [0.5, 0.6) is 11.5 Å². The van der Waals surface area contributed by atoms with Crippen molar-refractivity contribution in [3.05, 3.63) is 18.2 Å². The lowest BCUT2D eigenvalue weighted by Crippen LogP contribution is -2.54. The number of rotatable bonds is 4. The Morgan fingerprint density at radius 1 is 1.00 bits per heavy atom. The van der Waals surface area contributed by atoms with E-state index >= 15 is 0 Å². The van der Waals surface area contributed by atoms with E-state index in [1.54, 1.807) is 25.3 Å². The number of likely N-dealkylation sites (tertiary alicyclic amines) is 1. The average molecular weight is 387 g/mol. The van der Waals surface area contributed by atoms with Crippen LogP contribution in [0.4, 0.5) is 10.5 Å². The van der Waals surface area contributed by atoms with Crippen molar-refractivity contribution in [2.75, 3.05) is 19.5 Å². The Labute approximate surface area is 163 Å². The quantitative estimate of drug-likeness (QED) is 0.802. The number of nitrogens with zero attached hydrogens (tertiary/aromatic N) is 2. The van der Waals surface area contributed by atoms with Crippen molar-refractivity contribution in [3.8, 4) is 11.5 Å². The van der Waals surface area contributed by atoms with Gasteiger partial charge in [0.25, 0.3) is 0 Å². The molecule has 2 bridgehead atoms. The van der Waals surface area contributed by atoms with Gasteiger partial charge in [0.1, 0.15) is 0 Å². The predicted molar refractivity (Wildman–Crippen MR) is 101 cm³/mol. The second-order valence-electron chi connectivity index (χ2n) is 7.55. The maximum absolute atomic E-state index is 13.0. The number of piperidine rings is 1. The zero-order valence-corrected chi connectivity index (χ0v) is 16.1. The van der Waals surface area contributed by atoms with Crippen LogP contribution in [0, 0.1) is 0 Å². The molecule has 28 heavy (non-hydrogen) atoms. The number of amides is 4. The minimum Gasteiger partial charge on any atom is -0.493 e. The summed E-state index contributed by atoms with van der Waals surface area (Å²) >= 11 is 0. The summed E-state index contributed by atoms with van der Waals surface area (Å²) in [4.78, 5) is 40.5. The maximum atomic E-state index is 13.0. The normalized spacial score (nSPS) is 26.6. The molecule has 3 heterocycles. The predicted octanol–water partition coefficient (Wildman–Crippen LogP) is 2.38. The first kappa shape index (κ1) is 18.6. The second kappa shape index (κ2) is 7.33. The number of hydrogen-bond donors (Lipinski definition) is 1. The number of nitrogens with one attached hydrogen (secondary N) is 1. The van der Waals surface area contributed by atoms with Crippen molar-refractivity contribution in [3.63, 3.8) is 0 Å². The Balaban J connectivity index is 1.49. The number of anilines is 1. The lowest BCUT2D eigenvalue weighted by Gasteiger charge is -2.41. The van der Waals surface area contributed by atoms with Gasteiger partial charge in [-0.3, -0.25) is 14.5 Å². The molecule has 3 fully saturated rings. The van der Waals surface area contributed by atoms with Gasteiger partial charge in [-0.15, -0.1) is 0 Å². The first-order valence-corrected chi connectivity index (χ1v) is 9.68. The lowest BCUT2D eigenvalue weighted by molar-refractivity contribution is -0.142. The van der Waals surface area contributed by atoms with Gasteiger partial charge in [-0.2, -0.15) is 0 Å². The molecule has 8 heteroatoms. The SMILES string of the molecule is COc1cccc(NC(=O)N2C3CCC2CC(N2C(=O)CCC2=O)C3)c1OC. The third-order valence-corrected chi connectivity index (χ3v) is 6.04. The molecule has 0 aromatic heterocycles. The van der Waals surface area contributed by atoms with Crippen molar-refractivity contribution >= 4 is 23.5 Å². The molecule has 3 aliphatic heterocycles. The molecular formula is C20H25N3O5. The number of methoxy groups -OCH3 is 2. The molecule has 0 radical (unpaired) electrons. The van der Waals surface area contributed by atoms with Gasteiger partial charge in [0.15, 0.2) is 11.5 Å². The summed E-state index contributed by atoms with van der Waals surface area (Å²) in [7, 11) is 3.09. The molecule has 8 nitrogen and oxygen atoms in total. The average Bonchev–Trinajstić information content (AvgIpc) is 3.16. The molecule has 4 rings (SSSR count). The molecule has 150 valence electrons. The maximum Gasteiger partial charge on any atom is 0.322 e. The number of urea groups is 1. The fourth-order valence-electron chi connectivity index (χ4n) is 4.86. The van der Waals surface area contributed by atoms with Crippen LogP contribution in [0.15, 0.2) is 18.2 Å². The van der Waals surface area contributed by atoms with Crippen LogP contribution in [0.25, 0.3) is 0 Å². The van der Waals surface area contributed by atoms with Gasteiger partial charge in [-0.1, -0.05) is 6.07 Å². The molecule has 1 aromatic carbocycles. The molecule has 0 spiro atoms. The number of para-hydroxylation sites is 1. The molecule has 3 aliphatic rings. The van der Waals surface area contributed by atoms with Gasteiger partial charge in [-0.25, -0.2) is 4.79 Å². The van der Waals surface area contributed by atoms with E-state index in [2.05, 4.69) is 5.32 Å². The number of carbonyl (C=O) groups excluding carboxylic acids is 3. The van der Waals surface area contributed by atoms with Crippen LogP contribution in [0.2, 0.25) is 0 Å². The van der Waals surface area contributed by atoms with Crippen molar-refractivity contribution in [2.24, 2.45) is 0 Å². The van der Waals surface area contributed by atoms with E-state index < -0.39 is 0 Å². The molecule has 4 amide bonds. The highest BCUT2D eigenvalue weighted by Gasteiger charge is 2.47. The van der Waals surface area contributed by atoms with E-state index in [0.717, 1.165) is 12.8 Å². The monoisotopic (exact) mass is 387 g/mol. The first-order chi connectivity index (χ1) is 13.5. The van der Waals surface area contributed by atoms with Crippen LogP contribution in [0.1, 0.15) is 38.5 Å². The Kier molecular flexibility index (Phi) is 4.87. The number of imide groups is 1. The number of hydrogen-bond acceptors (Lipinski definition) is 5. The first-order valence-electron chi connectivity index (χ1n) is 9.68. The highest BCUT2D eigenvalue weighted by molar-refractivity contribution is 6.02. The Morgan fingerprint density at radius 3 is 2.21 bits per heavy atom. The summed E-state index contributed by atoms with van der Waals surface area (Å²) in [6.45, 7) is 0. The zero-order chi connectivity index (χ0) is 19.8. The van der Waals surface area contributed by atoms with Crippen LogP contribution < -0.4 is 14.8 Å². The van der Waals surface area contributed by atoms with Crippen molar-refractivity contribution in [2.45, 2.75) is 56.7 Å². The van der Waals surface area contributed by atoms with Gasteiger partial charge in [-0.05, 0) is 37.8 Å². The summed E-state index contributed by atoms with van der Waals surface area (Å²) in [6, 6.07) is 5.13. The fraction of sp³-hybridized carbons (Fsp3) is 0.550. The van der Waals surface area contributed by atoms with E-state index in [0.29, 0.717) is 42.9 Å². The Bertz CT molecular complexity index is 781. The standard InChI is InChI=1S/C20H25N3O5/c1-27-16-5-3-4-15(19(16)28-2)21-20(26)22-12-6-7-13(22)11-14(10-12)23-17(24)8-9-18(23)25/h3-5,12-14H,6-11H2,1-2H3,(H,21,26). The molecule has 0 aliphatic carbocycles. The molecule has 2 unspecified atom stereocenters. The summed E-state index contributed by atoms with van der Waals surface area (Å²) in [5.41, 5.74) is 0.554. The number of carbonyl (C=O) groups is 3. The zero-order valence-electron chi connectivity index (χ0n) is 16.1. The number of ether oxygens (including phenoxy) is 2. The van der Waals surface area contributed by atoms with Crippen LogP contribution in [0.3, 0.4) is 0 Å². The van der Waals surface area contributed by atoms with Crippen LogP contribution in [-0.2, 0) is 9.59 Å². The molecule has 0 saturated carbocycles. The van der Waals surface area contributed by atoms with Crippen molar-refractivity contribution in [1.82, 2.24) is 9.80 Å². The van der Waals surface area contributed by atoms with E-state index in [1.165, 1.54) is 12.0 Å². The minimum absolute atomic E-state index is 0.0292. The molecule has 2 atom stereocenters. The van der Waals surface area contributed by atoms with Gasteiger partial charge < -0.3 is 19.7 Å². The fourth-order valence-corrected chi connectivity index (χ4v) is 4.86. The van der Waals surface area contributed by atoms with E-state index in [-0.39, 0.29) is 36.0 Å². The molecule has 1 aromatic rings. The van der Waals surface area contributed by atoms with E-state index in [4.69, 9.17) is 9.47 Å². The largest absolute Gasteiger partial charge is 0.493 e. The molecule has 3 saturated heterocycles. The second-order valence-corrected chi connectivity index (χ2v) is 7.55. The summed E-state index contributed by atoms with van der Waals surface area (Å²) in [6.07, 6.45) is 3.70. The van der Waals surface area contributed by atoms with Crippen LogP contribution in [-0.4, -0.2) is 60.0 Å². The summed E-state index contributed by atoms with van der Waals surface area (Å²) < 4.78 is 10.7. The number of benzene rings is 1. The smallest absolute Gasteiger partial charge is 0.322 e. The third kappa shape index (κ3) is 3.06. The molecular weight excluding hydrogens is 362 g/mol. The van der Waals surface area contributed by atoms with Gasteiger partial charge in [0.2, 0.25) is 11.8 Å². The van der Waals surface area contributed by atoms with E-state index in [9.17, 15) is 14.4 Å².